The van der Waals surface area contributed by atoms with Gasteiger partial charge >= 0.3 is 5.97 Å². The highest BCUT2D eigenvalue weighted by molar-refractivity contribution is 7.09. The largest absolute Gasteiger partial charge is 0.476 e. The predicted molar refractivity (Wildman–Crippen MR) is 73.2 cm³/mol. The average Bonchev–Trinajstić information content (AvgIpc) is 3.11. The summed E-state index contributed by atoms with van der Waals surface area (Å²) in [5, 5.41) is 17.5. The van der Waals surface area contributed by atoms with Crippen LogP contribution in [-0.2, 0) is 6.54 Å². The van der Waals surface area contributed by atoms with Crippen molar-refractivity contribution < 1.29 is 14.7 Å². The van der Waals surface area contributed by atoms with Gasteiger partial charge in [-0.1, -0.05) is 0 Å². The summed E-state index contributed by atoms with van der Waals surface area (Å²) in [5.74, 6) is -1.40. The van der Waals surface area contributed by atoms with Gasteiger partial charge in [-0.05, 0) is 0 Å². The number of nitrogens with one attached hydrogen (secondary N) is 1. The van der Waals surface area contributed by atoms with Crippen molar-refractivity contribution in [2.24, 2.45) is 0 Å². The summed E-state index contributed by atoms with van der Waals surface area (Å²) in [6, 6.07) is 0. The Hall–Kier alpha value is -2.81. The van der Waals surface area contributed by atoms with Gasteiger partial charge in [0.1, 0.15) is 5.01 Å². The van der Waals surface area contributed by atoms with Gasteiger partial charge in [0, 0.05) is 17.8 Å². The number of fused-ring (bicyclic) bond motifs is 1. The van der Waals surface area contributed by atoms with Crippen LogP contribution >= 0.6 is 11.3 Å². The lowest BCUT2D eigenvalue weighted by Gasteiger charge is -2.01. The number of hydrogen-bond donors (Lipinski definition) is 2. The molecule has 3 aromatic rings. The molecule has 1 amide bonds. The maximum absolute atomic E-state index is 12.1. The first-order valence-corrected chi connectivity index (χ1v) is 6.76. The molecule has 0 bridgehead atoms. The Labute approximate surface area is 122 Å². The topological polar surface area (TPSA) is 109 Å². The minimum atomic E-state index is -1.09. The Morgan fingerprint density at radius 1 is 1.38 bits per heavy atom. The molecule has 0 radical (unpaired) electrons. The number of carbonyl (C=O) groups excluding carboxylic acids is 1. The van der Waals surface area contributed by atoms with Gasteiger partial charge in [-0.25, -0.2) is 14.3 Å². The number of thiazole rings is 1. The summed E-state index contributed by atoms with van der Waals surface area (Å²) >= 11 is 1.18. The molecule has 0 saturated carbocycles. The number of carboxylic acid groups (broad SMARTS) is 1. The molecule has 21 heavy (non-hydrogen) atoms. The minimum absolute atomic E-state index is 0.0237. The van der Waals surface area contributed by atoms with E-state index in [1.807, 2.05) is 0 Å². The highest BCUT2D eigenvalue weighted by Crippen LogP contribution is 2.11. The van der Waals surface area contributed by atoms with Crippen molar-refractivity contribution in [3.63, 3.8) is 0 Å². The standard InChI is InChI=1S/C12H9N5O3S/c18-11(7-3-15-17-2-1-13-4-9(7)17)14-5-10-16-8(6-21-10)12(19)20/h1-4,6H,5H2,(H,14,18)(H,19,20). The van der Waals surface area contributed by atoms with Crippen LogP contribution in [0.4, 0.5) is 0 Å². The normalized spacial score (nSPS) is 10.7. The van der Waals surface area contributed by atoms with E-state index in [-0.39, 0.29) is 18.1 Å². The SMILES string of the molecule is O=C(O)c1csc(CNC(=O)c2cnn3ccncc23)n1. The fourth-order valence-corrected chi connectivity index (χ4v) is 2.46. The molecule has 3 heterocycles. The molecule has 3 aromatic heterocycles. The number of carboxylic acids is 1. The molecule has 0 aliphatic rings. The van der Waals surface area contributed by atoms with Crippen LogP contribution in [0.15, 0.2) is 30.2 Å². The number of aromatic carboxylic acids is 1. The van der Waals surface area contributed by atoms with Crippen molar-refractivity contribution in [1.82, 2.24) is 24.9 Å². The van der Waals surface area contributed by atoms with Crippen molar-refractivity contribution in [2.45, 2.75) is 6.54 Å². The van der Waals surface area contributed by atoms with E-state index in [1.165, 1.54) is 22.9 Å². The van der Waals surface area contributed by atoms with Gasteiger partial charge in [0.25, 0.3) is 5.91 Å². The van der Waals surface area contributed by atoms with Gasteiger partial charge in [-0.3, -0.25) is 9.78 Å². The monoisotopic (exact) mass is 303 g/mol. The molecule has 106 valence electrons. The first kappa shape index (κ1) is 13.2. The van der Waals surface area contributed by atoms with Gasteiger partial charge < -0.3 is 10.4 Å². The number of hydrogen-bond acceptors (Lipinski definition) is 6. The Bertz CT molecular complexity index is 825. The molecule has 3 rings (SSSR count). The molecule has 2 N–H and O–H groups in total. The summed E-state index contributed by atoms with van der Waals surface area (Å²) in [6.45, 7) is 0.161. The summed E-state index contributed by atoms with van der Waals surface area (Å²) in [6.07, 6.45) is 6.22. The van der Waals surface area contributed by atoms with Crippen LogP contribution in [0, 0.1) is 0 Å². The van der Waals surface area contributed by atoms with Crippen molar-refractivity contribution in [2.75, 3.05) is 0 Å². The predicted octanol–water partition coefficient (Wildman–Crippen LogP) is 0.814. The van der Waals surface area contributed by atoms with Gasteiger partial charge in [0.15, 0.2) is 5.69 Å². The van der Waals surface area contributed by atoms with Gasteiger partial charge in [0.2, 0.25) is 0 Å². The highest BCUT2D eigenvalue weighted by Gasteiger charge is 2.14. The lowest BCUT2D eigenvalue weighted by Crippen LogP contribution is -2.22. The van der Waals surface area contributed by atoms with E-state index >= 15 is 0 Å². The minimum Gasteiger partial charge on any atom is -0.476 e. The summed E-state index contributed by atoms with van der Waals surface area (Å²) < 4.78 is 1.55. The van der Waals surface area contributed by atoms with E-state index in [9.17, 15) is 9.59 Å². The van der Waals surface area contributed by atoms with Crippen LogP contribution in [0.2, 0.25) is 0 Å². The van der Waals surface area contributed by atoms with E-state index in [0.29, 0.717) is 16.1 Å². The summed E-state index contributed by atoms with van der Waals surface area (Å²) in [4.78, 5) is 30.7. The summed E-state index contributed by atoms with van der Waals surface area (Å²) in [5.41, 5.74) is 0.975. The molecule has 0 aromatic carbocycles. The Balaban J connectivity index is 1.72. The first-order valence-electron chi connectivity index (χ1n) is 5.88. The Morgan fingerprint density at radius 3 is 3.00 bits per heavy atom. The van der Waals surface area contributed by atoms with Gasteiger partial charge in [-0.15, -0.1) is 11.3 Å². The van der Waals surface area contributed by atoms with Crippen LogP contribution in [0.1, 0.15) is 25.9 Å². The quantitative estimate of drug-likeness (QED) is 0.738. The number of nitrogens with zero attached hydrogens (tertiary/aromatic N) is 4. The lowest BCUT2D eigenvalue weighted by molar-refractivity contribution is 0.0691. The molecular formula is C12H9N5O3S. The van der Waals surface area contributed by atoms with Crippen LogP contribution in [0.5, 0.6) is 0 Å². The molecule has 0 spiro atoms. The van der Waals surface area contributed by atoms with Crippen LogP contribution in [-0.4, -0.2) is 36.6 Å². The van der Waals surface area contributed by atoms with Crippen molar-refractivity contribution in [1.29, 1.82) is 0 Å². The lowest BCUT2D eigenvalue weighted by atomic mass is 10.3. The maximum atomic E-state index is 12.1. The smallest absolute Gasteiger partial charge is 0.355 e. The zero-order valence-corrected chi connectivity index (χ0v) is 11.4. The Morgan fingerprint density at radius 2 is 2.24 bits per heavy atom. The van der Waals surface area contributed by atoms with E-state index < -0.39 is 5.97 Å². The molecule has 0 fully saturated rings. The molecule has 0 aliphatic carbocycles. The van der Waals surface area contributed by atoms with Crippen molar-refractivity contribution in [3.05, 3.63) is 46.4 Å². The second-order valence-electron chi connectivity index (χ2n) is 4.08. The van der Waals surface area contributed by atoms with Crippen LogP contribution < -0.4 is 5.32 Å². The van der Waals surface area contributed by atoms with Crippen molar-refractivity contribution >= 4 is 28.7 Å². The van der Waals surface area contributed by atoms with E-state index in [0.717, 1.165) is 0 Å². The third-order valence-corrected chi connectivity index (χ3v) is 3.59. The fraction of sp³-hybridized carbons (Fsp3) is 0.0833. The van der Waals surface area contributed by atoms with E-state index in [1.54, 1.807) is 23.1 Å². The molecule has 0 aliphatic heterocycles. The molecular weight excluding hydrogens is 294 g/mol. The van der Waals surface area contributed by atoms with Gasteiger partial charge in [-0.2, -0.15) is 5.10 Å². The molecule has 0 unspecified atom stereocenters. The number of carbonyl (C=O) groups is 2. The Kier molecular flexibility index (Phi) is 3.32. The molecule has 0 atom stereocenters. The van der Waals surface area contributed by atoms with Gasteiger partial charge in [0.05, 0.1) is 30.0 Å². The second kappa shape index (κ2) is 5.29. The third kappa shape index (κ3) is 2.58. The average molecular weight is 303 g/mol. The number of amides is 1. The van der Waals surface area contributed by atoms with Crippen molar-refractivity contribution in [3.8, 4) is 0 Å². The zero-order chi connectivity index (χ0) is 14.8. The number of rotatable bonds is 4. The van der Waals surface area contributed by atoms with Crippen LogP contribution in [0.3, 0.4) is 0 Å². The molecule has 9 heteroatoms. The van der Waals surface area contributed by atoms with E-state index in [4.69, 9.17) is 5.11 Å². The first-order chi connectivity index (χ1) is 10.1. The highest BCUT2D eigenvalue weighted by atomic mass is 32.1. The molecule has 0 saturated heterocycles. The second-order valence-corrected chi connectivity index (χ2v) is 5.02. The number of aromatic nitrogens is 4. The maximum Gasteiger partial charge on any atom is 0.355 e. The fourth-order valence-electron chi connectivity index (χ4n) is 1.75. The zero-order valence-electron chi connectivity index (χ0n) is 10.6. The summed E-state index contributed by atoms with van der Waals surface area (Å²) in [7, 11) is 0. The van der Waals surface area contributed by atoms with Crippen LogP contribution in [0.25, 0.3) is 5.52 Å². The third-order valence-electron chi connectivity index (χ3n) is 2.74. The molecule has 8 nitrogen and oxygen atoms in total. The van der Waals surface area contributed by atoms with E-state index in [2.05, 4.69) is 20.4 Å².